The Hall–Kier alpha value is -2.96. The average molecular weight is 377 g/mol. The zero-order valence-corrected chi connectivity index (χ0v) is 15.6. The van der Waals surface area contributed by atoms with E-state index >= 15 is 0 Å². The molecule has 0 unspecified atom stereocenters. The van der Waals surface area contributed by atoms with Crippen LogP contribution in [-0.2, 0) is 16.6 Å². The van der Waals surface area contributed by atoms with Gasteiger partial charge in [-0.1, -0.05) is 42.5 Å². The van der Waals surface area contributed by atoms with E-state index < -0.39 is 10.0 Å². The second-order valence-corrected chi connectivity index (χ2v) is 8.42. The molecule has 0 aliphatic rings. The van der Waals surface area contributed by atoms with E-state index in [1.807, 2.05) is 54.6 Å². The molecule has 4 aromatic rings. The number of nitrogens with zero attached hydrogens (tertiary/aromatic N) is 2. The zero-order valence-electron chi connectivity index (χ0n) is 14.8. The molecule has 27 heavy (non-hydrogen) atoms. The molecule has 4 rings (SSSR count). The monoisotopic (exact) mass is 377 g/mol. The summed E-state index contributed by atoms with van der Waals surface area (Å²) < 4.78 is 27.0. The highest BCUT2D eigenvalue weighted by molar-refractivity contribution is 7.89. The summed E-state index contributed by atoms with van der Waals surface area (Å²) in [6.07, 6.45) is 0. The Kier molecular flexibility index (Phi) is 4.51. The summed E-state index contributed by atoms with van der Waals surface area (Å²) in [4.78, 5) is 8.07. The van der Waals surface area contributed by atoms with Crippen molar-refractivity contribution in [2.24, 2.45) is 0 Å². The second-order valence-electron chi connectivity index (χ2n) is 6.37. The lowest BCUT2D eigenvalue weighted by Gasteiger charge is -2.17. The maximum Gasteiger partial charge on any atom is 0.243 e. The number of sulfonamides is 1. The molecule has 0 saturated carbocycles. The average Bonchev–Trinajstić information content (AvgIpc) is 3.13. The first-order valence-electron chi connectivity index (χ1n) is 8.59. The molecule has 6 heteroatoms. The van der Waals surface area contributed by atoms with Crippen LogP contribution in [0.25, 0.3) is 22.4 Å². The predicted octanol–water partition coefficient (Wildman–Crippen LogP) is 4.05. The Morgan fingerprint density at radius 1 is 0.889 bits per heavy atom. The molecule has 1 N–H and O–H groups in total. The van der Waals surface area contributed by atoms with Crippen LogP contribution >= 0.6 is 0 Å². The van der Waals surface area contributed by atoms with Crippen LogP contribution < -0.4 is 0 Å². The van der Waals surface area contributed by atoms with Gasteiger partial charge in [-0.25, -0.2) is 13.4 Å². The molecule has 1 heterocycles. The maximum absolute atomic E-state index is 12.8. The van der Waals surface area contributed by atoms with Crippen LogP contribution in [0.15, 0.2) is 83.8 Å². The number of rotatable bonds is 5. The Morgan fingerprint density at radius 2 is 1.56 bits per heavy atom. The van der Waals surface area contributed by atoms with Gasteiger partial charge in [0.15, 0.2) is 0 Å². The van der Waals surface area contributed by atoms with Gasteiger partial charge in [-0.3, -0.25) is 0 Å². The molecule has 136 valence electrons. The van der Waals surface area contributed by atoms with Crippen LogP contribution in [-0.4, -0.2) is 29.7 Å². The summed E-state index contributed by atoms with van der Waals surface area (Å²) in [5.74, 6) is 0.720. The van der Waals surface area contributed by atoms with E-state index in [2.05, 4.69) is 9.97 Å². The fourth-order valence-electron chi connectivity index (χ4n) is 2.98. The lowest BCUT2D eigenvalue weighted by molar-refractivity contribution is 0.467. The molecule has 0 aliphatic heterocycles. The number of nitrogens with one attached hydrogen (secondary N) is 1. The van der Waals surface area contributed by atoms with Gasteiger partial charge in [0, 0.05) is 19.2 Å². The number of aromatic amines is 1. The van der Waals surface area contributed by atoms with Gasteiger partial charge in [-0.05, 0) is 42.0 Å². The Bertz CT molecular complexity index is 1130. The number of imidazole rings is 1. The SMILES string of the molecule is CN(Cc1ccccc1)S(=O)(=O)c1ccc(-c2nc3ccccc3[nH]2)cc1. The molecule has 0 spiro atoms. The minimum absolute atomic E-state index is 0.265. The molecule has 0 bridgehead atoms. The number of H-pyrrole nitrogens is 1. The van der Waals surface area contributed by atoms with Crippen LogP contribution in [0.3, 0.4) is 0 Å². The second kappa shape index (κ2) is 6.98. The van der Waals surface area contributed by atoms with E-state index in [1.54, 1.807) is 31.3 Å². The number of aromatic nitrogens is 2. The van der Waals surface area contributed by atoms with Gasteiger partial charge in [0.05, 0.1) is 15.9 Å². The smallest absolute Gasteiger partial charge is 0.243 e. The van der Waals surface area contributed by atoms with E-state index in [0.29, 0.717) is 6.54 Å². The molecule has 0 atom stereocenters. The summed E-state index contributed by atoms with van der Waals surface area (Å²) in [6, 6.07) is 24.1. The molecule has 0 amide bonds. The number of fused-ring (bicyclic) bond motifs is 1. The molecule has 5 nitrogen and oxygen atoms in total. The molecule has 0 fully saturated rings. The van der Waals surface area contributed by atoms with Crippen LogP contribution in [0.2, 0.25) is 0 Å². The normalized spacial score (nSPS) is 11.9. The highest BCUT2D eigenvalue weighted by Gasteiger charge is 2.21. The van der Waals surface area contributed by atoms with Gasteiger partial charge in [0.25, 0.3) is 0 Å². The van der Waals surface area contributed by atoms with Crippen molar-refractivity contribution < 1.29 is 8.42 Å². The Morgan fingerprint density at radius 3 is 2.26 bits per heavy atom. The van der Waals surface area contributed by atoms with Gasteiger partial charge >= 0.3 is 0 Å². The predicted molar refractivity (Wildman–Crippen MR) is 107 cm³/mol. The van der Waals surface area contributed by atoms with Crippen molar-refractivity contribution in [3.63, 3.8) is 0 Å². The van der Waals surface area contributed by atoms with E-state index in [1.165, 1.54) is 4.31 Å². The van der Waals surface area contributed by atoms with Gasteiger partial charge < -0.3 is 4.98 Å². The molecule has 0 saturated heterocycles. The third-order valence-corrected chi connectivity index (χ3v) is 6.29. The van der Waals surface area contributed by atoms with E-state index in [0.717, 1.165) is 28.0 Å². The third kappa shape index (κ3) is 3.49. The van der Waals surface area contributed by atoms with Crippen LogP contribution in [0, 0.1) is 0 Å². The summed E-state index contributed by atoms with van der Waals surface area (Å²) in [5, 5.41) is 0. The van der Waals surface area contributed by atoms with Crippen molar-refractivity contribution in [3.8, 4) is 11.4 Å². The van der Waals surface area contributed by atoms with Crippen molar-refractivity contribution in [2.45, 2.75) is 11.4 Å². The molecule has 3 aromatic carbocycles. The van der Waals surface area contributed by atoms with Crippen molar-refractivity contribution in [1.82, 2.24) is 14.3 Å². The third-order valence-electron chi connectivity index (χ3n) is 4.47. The fraction of sp³-hybridized carbons (Fsp3) is 0.0952. The highest BCUT2D eigenvalue weighted by Crippen LogP contribution is 2.23. The first-order valence-corrected chi connectivity index (χ1v) is 10.0. The number of hydrogen-bond donors (Lipinski definition) is 1. The largest absolute Gasteiger partial charge is 0.338 e. The van der Waals surface area contributed by atoms with E-state index in [9.17, 15) is 8.42 Å². The summed E-state index contributed by atoms with van der Waals surface area (Å²) in [5.41, 5.74) is 3.62. The first-order chi connectivity index (χ1) is 13.0. The van der Waals surface area contributed by atoms with Crippen molar-refractivity contribution in [3.05, 3.63) is 84.4 Å². The van der Waals surface area contributed by atoms with Crippen LogP contribution in [0.1, 0.15) is 5.56 Å². The van der Waals surface area contributed by atoms with Gasteiger partial charge in [-0.2, -0.15) is 4.31 Å². The fourth-order valence-corrected chi connectivity index (χ4v) is 4.14. The number of benzene rings is 3. The molecular weight excluding hydrogens is 358 g/mol. The van der Waals surface area contributed by atoms with Crippen molar-refractivity contribution >= 4 is 21.1 Å². The van der Waals surface area contributed by atoms with Gasteiger partial charge in [-0.15, -0.1) is 0 Å². The molecule has 0 radical (unpaired) electrons. The lowest BCUT2D eigenvalue weighted by Crippen LogP contribution is -2.26. The standard InChI is InChI=1S/C21H19N3O2S/c1-24(15-16-7-3-2-4-8-16)27(25,26)18-13-11-17(12-14-18)21-22-19-9-5-6-10-20(19)23-21/h2-14H,15H2,1H3,(H,22,23). The minimum atomic E-state index is -3.56. The zero-order chi connectivity index (χ0) is 18.9. The van der Waals surface area contributed by atoms with Crippen LogP contribution in [0.5, 0.6) is 0 Å². The molecular formula is C21H19N3O2S. The summed E-state index contributed by atoms with van der Waals surface area (Å²) >= 11 is 0. The lowest BCUT2D eigenvalue weighted by atomic mass is 10.2. The topological polar surface area (TPSA) is 66.1 Å². The Labute approximate surface area is 158 Å². The van der Waals surface area contributed by atoms with E-state index in [4.69, 9.17) is 0 Å². The first kappa shape index (κ1) is 17.5. The van der Waals surface area contributed by atoms with Gasteiger partial charge in [0.1, 0.15) is 5.82 Å². The van der Waals surface area contributed by atoms with Gasteiger partial charge in [0.2, 0.25) is 10.0 Å². The molecule has 0 aliphatic carbocycles. The van der Waals surface area contributed by atoms with Crippen molar-refractivity contribution in [2.75, 3.05) is 7.05 Å². The summed E-state index contributed by atoms with van der Waals surface area (Å²) in [6.45, 7) is 0.328. The van der Waals surface area contributed by atoms with Crippen LogP contribution in [0.4, 0.5) is 0 Å². The maximum atomic E-state index is 12.8. The minimum Gasteiger partial charge on any atom is -0.338 e. The molecule has 1 aromatic heterocycles. The quantitative estimate of drug-likeness (QED) is 0.571. The number of para-hydroxylation sites is 2. The highest BCUT2D eigenvalue weighted by atomic mass is 32.2. The number of hydrogen-bond acceptors (Lipinski definition) is 3. The Balaban J connectivity index is 1.59. The summed E-state index contributed by atoms with van der Waals surface area (Å²) in [7, 11) is -1.97. The van der Waals surface area contributed by atoms with Crippen molar-refractivity contribution in [1.29, 1.82) is 0 Å². The van der Waals surface area contributed by atoms with E-state index in [-0.39, 0.29) is 4.90 Å².